The van der Waals surface area contributed by atoms with E-state index in [0.717, 1.165) is 39.5 Å². The van der Waals surface area contributed by atoms with Gasteiger partial charge in [-0.15, -0.1) is 0 Å². The number of nitrogens with zero attached hydrogens (tertiary/aromatic N) is 3. The van der Waals surface area contributed by atoms with Gasteiger partial charge in [0.25, 0.3) is 0 Å². The van der Waals surface area contributed by atoms with Crippen molar-refractivity contribution in [1.29, 1.82) is 0 Å². The fourth-order valence-corrected chi connectivity index (χ4v) is 3.10. The molecule has 0 amide bonds. The molecule has 23 heavy (non-hydrogen) atoms. The third-order valence-corrected chi connectivity index (χ3v) is 4.29. The molecule has 3 nitrogen and oxygen atoms in total. The van der Waals surface area contributed by atoms with E-state index in [1.165, 1.54) is 0 Å². The lowest BCUT2D eigenvalue weighted by Gasteiger charge is -2.11. The molecule has 3 aromatic rings. The van der Waals surface area contributed by atoms with Gasteiger partial charge in [0.2, 0.25) is 0 Å². The second-order valence-electron chi connectivity index (χ2n) is 5.48. The highest BCUT2D eigenvalue weighted by atomic mass is 35.5. The summed E-state index contributed by atoms with van der Waals surface area (Å²) in [6, 6.07) is 16.0. The first-order valence-corrected chi connectivity index (χ1v) is 7.83. The minimum atomic E-state index is 0.546. The summed E-state index contributed by atoms with van der Waals surface area (Å²) in [4.78, 5) is 13.8. The molecule has 0 unspecified atom stereocenters. The molecular formula is C19H14ClN3. The molecule has 112 valence electrons. The number of hydrogen-bond donors (Lipinski definition) is 0. The van der Waals surface area contributed by atoms with Crippen LogP contribution in [0, 0.1) is 6.92 Å². The van der Waals surface area contributed by atoms with Crippen molar-refractivity contribution in [2.45, 2.75) is 13.5 Å². The number of aromatic nitrogens is 2. The molecule has 0 N–H and O–H groups in total. The van der Waals surface area contributed by atoms with Crippen LogP contribution in [-0.2, 0) is 6.54 Å². The summed E-state index contributed by atoms with van der Waals surface area (Å²) in [6.07, 6.45) is 1.87. The Morgan fingerprint density at radius 2 is 1.61 bits per heavy atom. The van der Waals surface area contributed by atoms with Gasteiger partial charge >= 0.3 is 0 Å². The Hall–Kier alpha value is -2.52. The van der Waals surface area contributed by atoms with Crippen molar-refractivity contribution < 1.29 is 0 Å². The monoisotopic (exact) mass is 319 g/mol. The van der Waals surface area contributed by atoms with E-state index in [4.69, 9.17) is 16.6 Å². The molecule has 4 rings (SSSR count). The smallest absolute Gasteiger partial charge is 0.125 e. The minimum absolute atomic E-state index is 0.546. The summed E-state index contributed by atoms with van der Waals surface area (Å²) in [5.41, 5.74) is 5.96. The molecule has 2 aromatic carbocycles. The summed E-state index contributed by atoms with van der Waals surface area (Å²) in [5.74, 6) is 0.764. The van der Waals surface area contributed by atoms with E-state index in [0.29, 0.717) is 11.6 Å². The average molecular weight is 320 g/mol. The van der Waals surface area contributed by atoms with E-state index in [-0.39, 0.29) is 0 Å². The van der Waals surface area contributed by atoms with Crippen molar-refractivity contribution in [3.05, 3.63) is 82.3 Å². The van der Waals surface area contributed by atoms with Crippen LogP contribution in [0.5, 0.6) is 0 Å². The number of rotatable bonds is 1. The summed E-state index contributed by atoms with van der Waals surface area (Å²) in [5, 5.41) is 0.703. The first-order valence-electron chi connectivity index (χ1n) is 7.45. The lowest BCUT2D eigenvalue weighted by molar-refractivity contribution is 0.981. The van der Waals surface area contributed by atoms with Gasteiger partial charge in [-0.1, -0.05) is 54.1 Å². The lowest BCUT2D eigenvalue weighted by atomic mass is 9.95. The van der Waals surface area contributed by atoms with Crippen LogP contribution in [0.4, 0.5) is 0 Å². The van der Waals surface area contributed by atoms with Crippen LogP contribution in [-0.4, -0.2) is 15.7 Å². The van der Waals surface area contributed by atoms with Crippen molar-refractivity contribution in [3.63, 3.8) is 0 Å². The highest BCUT2D eigenvalue weighted by molar-refractivity contribution is 6.35. The van der Waals surface area contributed by atoms with Gasteiger partial charge in [0.15, 0.2) is 0 Å². The maximum absolute atomic E-state index is 6.41. The summed E-state index contributed by atoms with van der Waals surface area (Å²) in [6.45, 7) is 2.45. The third-order valence-electron chi connectivity index (χ3n) is 3.96. The number of hydrogen-bond acceptors (Lipinski definition) is 3. The van der Waals surface area contributed by atoms with Gasteiger partial charge in [0.05, 0.1) is 18.0 Å². The second-order valence-corrected chi connectivity index (χ2v) is 5.89. The van der Waals surface area contributed by atoms with Crippen molar-refractivity contribution in [2.24, 2.45) is 4.99 Å². The Bertz CT molecular complexity index is 931. The van der Waals surface area contributed by atoms with Crippen molar-refractivity contribution in [2.75, 3.05) is 0 Å². The molecule has 0 saturated carbocycles. The summed E-state index contributed by atoms with van der Waals surface area (Å²) < 4.78 is 0. The molecule has 4 heteroatoms. The molecule has 0 spiro atoms. The minimum Gasteiger partial charge on any atom is -0.279 e. The molecule has 1 aromatic heterocycles. The average Bonchev–Trinajstić information content (AvgIpc) is 2.73. The SMILES string of the molecule is Cc1ncc2c(n1)-c1ccccc1C(c1ccccc1Cl)=NC2. The number of benzene rings is 2. The Labute approximate surface area is 139 Å². The second kappa shape index (κ2) is 5.60. The highest BCUT2D eigenvalue weighted by Crippen LogP contribution is 2.32. The molecular weight excluding hydrogens is 306 g/mol. The zero-order chi connectivity index (χ0) is 15.8. The van der Waals surface area contributed by atoms with Gasteiger partial charge < -0.3 is 0 Å². The first kappa shape index (κ1) is 14.1. The van der Waals surface area contributed by atoms with Crippen molar-refractivity contribution >= 4 is 17.3 Å². The number of fused-ring (bicyclic) bond motifs is 3. The van der Waals surface area contributed by atoms with E-state index in [1.54, 1.807) is 0 Å². The maximum atomic E-state index is 6.41. The summed E-state index contributed by atoms with van der Waals surface area (Å²) in [7, 11) is 0. The molecule has 0 bridgehead atoms. The van der Waals surface area contributed by atoms with Gasteiger partial charge in [-0.05, 0) is 13.0 Å². The van der Waals surface area contributed by atoms with Crippen LogP contribution < -0.4 is 0 Å². The number of halogens is 1. The van der Waals surface area contributed by atoms with E-state index in [1.807, 2.05) is 49.5 Å². The predicted octanol–water partition coefficient (Wildman–Crippen LogP) is 4.46. The Morgan fingerprint density at radius 3 is 2.39 bits per heavy atom. The van der Waals surface area contributed by atoms with Gasteiger partial charge in [0.1, 0.15) is 5.82 Å². The van der Waals surface area contributed by atoms with E-state index >= 15 is 0 Å². The molecule has 1 aliphatic rings. The molecule has 0 saturated heterocycles. The quantitative estimate of drug-likeness (QED) is 0.664. The molecule has 1 aliphatic heterocycles. The molecule has 2 heterocycles. The third kappa shape index (κ3) is 2.43. The number of aliphatic imine (C=N–C) groups is 1. The Balaban J connectivity index is 2.00. The largest absolute Gasteiger partial charge is 0.279 e. The van der Waals surface area contributed by atoms with Crippen LogP contribution in [0.1, 0.15) is 22.5 Å². The normalized spacial score (nSPS) is 12.9. The van der Waals surface area contributed by atoms with Gasteiger partial charge in [0, 0.05) is 33.5 Å². The van der Waals surface area contributed by atoms with Gasteiger partial charge in [-0.2, -0.15) is 0 Å². The van der Waals surface area contributed by atoms with Gasteiger partial charge in [-0.3, -0.25) is 4.99 Å². The maximum Gasteiger partial charge on any atom is 0.125 e. The summed E-state index contributed by atoms with van der Waals surface area (Å²) >= 11 is 6.41. The number of aryl methyl sites for hydroxylation is 1. The molecule has 0 fully saturated rings. The van der Waals surface area contributed by atoms with Crippen LogP contribution in [0.25, 0.3) is 11.3 Å². The lowest BCUT2D eigenvalue weighted by Crippen LogP contribution is -2.05. The predicted molar refractivity (Wildman–Crippen MR) is 93.0 cm³/mol. The fraction of sp³-hybridized carbons (Fsp3) is 0.105. The van der Waals surface area contributed by atoms with Crippen LogP contribution in [0.15, 0.2) is 59.7 Å². The van der Waals surface area contributed by atoms with Crippen LogP contribution in [0.3, 0.4) is 0 Å². The van der Waals surface area contributed by atoms with E-state index in [2.05, 4.69) is 22.1 Å². The topological polar surface area (TPSA) is 38.1 Å². The highest BCUT2D eigenvalue weighted by Gasteiger charge is 2.21. The van der Waals surface area contributed by atoms with Crippen LogP contribution in [0.2, 0.25) is 5.02 Å². The Kier molecular flexibility index (Phi) is 3.43. The standard InChI is InChI=1S/C19H14ClN3/c1-12-21-10-13-11-22-19(16-8-4-5-9-17(16)20)15-7-3-2-6-14(15)18(13)23-12/h2-10H,11H2,1H3. The molecule has 0 atom stereocenters. The van der Waals surface area contributed by atoms with E-state index in [9.17, 15) is 0 Å². The van der Waals surface area contributed by atoms with Crippen molar-refractivity contribution in [3.8, 4) is 11.3 Å². The fourth-order valence-electron chi connectivity index (χ4n) is 2.87. The molecule has 0 aliphatic carbocycles. The Morgan fingerprint density at radius 1 is 0.913 bits per heavy atom. The van der Waals surface area contributed by atoms with Gasteiger partial charge in [-0.25, -0.2) is 9.97 Å². The first-order chi connectivity index (χ1) is 11.2. The van der Waals surface area contributed by atoms with Crippen LogP contribution >= 0.6 is 11.6 Å². The zero-order valence-corrected chi connectivity index (χ0v) is 13.4. The van der Waals surface area contributed by atoms with E-state index < -0.39 is 0 Å². The zero-order valence-electron chi connectivity index (χ0n) is 12.6. The molecule has 0 radical (unpaired) electrons. The van der Waals surface area contributed by atoms with Crippen molar-refractivity contribution in [1.82, 2.24) is 9.97 Å².